The highest BCUT2D eigenvalue weighted by Crippen LogP contribution is 2.11. The number of nitrogens with one attached hydrogen (secondary N) is 1. The van der Waals surface area contributed by atoms with Crippen LogP contribution in [0.3, 0.4) is 0 Å². The van der Waals surface area contributed by atoms with Crippen molar-refractivity contribution in [1.29, 1.82) is 5.26 Å². The van der Waals surface area contributed by atoms with Gasteiger partial charge in [0, 0.05) is 18.8 Å². The Morgan fingerprint density at radius 2 is 2.12 bits per heavy atom. The first-order valence-corrected chi connectivity index (χ1v) is 6.54. The lowest BCUT2D eigenvalue weighted by molar-refractivity contribution is 0.368. The Balaban J connectivity index is 2.31. The van der Waals surface area contributed by atoms with Crippen LogP contribution in [0.25, 0.3) is 0 Å². The van der Waals surface area contributed by atoms with Gasteiger partial charge in [-0.1, -0.05) is 12.1 Å². The number of nitrogens with zero attached hydrogens (tertiary/aromatic N) is 1. The molecule has 86 valence electrons. The van der Waals surface area contributed by atoms with Gasteiger partial charge < -0.3 is 10.1 Å². The largest absolute Gasteiger partial charge is 0.479 e. The maximum atomic E-state index is 8.36. The van der Waals surface area contributed by atoms with Gasteiger partial charge in [0.2, 0.25) is 0 Å². The third-order valence-electron chi connectivity index (χ3n) is 2.04. The Morgan fingerprint density at radius 1 is 1.38 bits per heavy atom. The summed E-state index contributed by atoms with van der Waals surface area (Å²) in [5.41, 5.74) is 1.23. The minimum atomic E-state index is 0.102. The second kappa shape index (κ2) is 8.03. The smallest absolute Gasteiger partial charge is 0.174 e. The summed E-state index contributed by atoms with van der Waals surface area (Å²) in [7, 11) is 0. The van der Waals surface area contributed by atoms with E-state index in [-0.39, 0.29) is 6.61 Å². The summed E-state index contributed by atoms with van der Waals surface area (Å²) in [6.07, 6.45) is 2.10. The highest BCUT2D eigenvalue weighted by Gasteiger charge is 1.95. The van der Waals surface area contributed by atoms with E-state index in [4.69, 9.17) is 10.00 Å². The summed E-state index contributed by atoms with van der Waals surface area (Å²) in [4.78, 5) is 0. The normalized spacial score (nSPS) is 9.75. The molecule has 4 heteroatoms. The van der Waals surface area contributed by atoms with Gasteiger partial charge in [0.1, 0.15) is 11.8 Å². The van der Waals surface area contributed by atoms with Crippen molar-refractivity contribution in [2.24, 2.45) is 0 Å². The molecule has 0 aromatic heterocycles. The second-order valence-electron chi connectivity index (χ2n) is 3.26. The van der Waals surface area contributed by atoms with Crippen molar-refractivity contribution in [2.75, 3.05) is 25.2 Å². The minimum absolute atomic E-state index is 0.102. The minimum Gasteiger partial charge on any atom is -0.479 e. The zero-order valence-electron chi connectivity index (χ0n) is 9.40. The molecule has 1 aromatic carbocycles. The Hall–Kier alpha value is -1.18. The zero-order chi connectivity index (χ0) is 11.6. The van der Waals surface area contributed by atoms with Crippen LogP contribution in [-0.4, -0.2) is 25.2 Å². The Morgan fingerprint density at radius 3 is 2.75 bits per heavy atom. The molecule has 0 unspecified atom stereocenters. The molecule has 16 heavy (non-hydrogen) atoms. The molecule has 0 heterocycles. The van der Waals surface area contributed by atoms with E-state index >= 15 is 0 Å². The second-order valence-corrected chi connectivity index (χ2v) is 4.25. The molecule has 1 rings (SSSR count). The van der Waals surface area contributed by atoms with Gasteiger partial charge in [0.15, 0.2) is 6.61 Å². The third kappa shape index (κ3) is 5.06. The fourth-order valence-corrected chi connectivity index (χ4v) is 1.57. The first kappa shape index (κ1) is 12.9. The average Bonchev–Trinajstić information content (AvgIpc) is 2.33. The maximum absolute atomic E-state index is 8.36. The highest BCUT2D eigenvalue weighted by molar-refractivity contribution is 7.98. The van der Waals surface area contributed by atoms with Crippen molar-refractivity contribution in [3.05, 3.63) is 29.8 Å². The van der Waals surface area contributed by atoms with Crippen molar-refractivity contribution in [2.45, 2.75) is 6.54 Å². The summed E-state index contributed by atoms with van der Waals surface area (Å²) in [6, 6.07) is 9.75. The van der Waals surface area contributed by atoms with E-state index in [1.807, 2.05) is 42.1 Å². The lowest BCUT2D eigenvalue weighted by atomic mass is 10.2. The monoisotopic (exact) mass is 236 g/mol. The Bertz CT molecular complexity index is 332. The summed E-state index contributed by atoms with van der Waals surface area (Å²) >= 11 is 1.84. The van der Waals surface area contributed by atoms with Crippen LogP contribution in [0.15, 0.2) is 24.3 Å². The molecule has 0 aliphatic carbocycles. The lowest BCUT2D eigenvalue weighted by Gasteiger charge is -2.05. The van der Waals surface area contributed by atoms with E-state index in [0.717, 1.165) is 24.6 Å². The van der Waals surface area contributed by atoms with E-state index < -0.39 is 0 Å². The van der Waals surface area contributed by atoms with Gasteiger partial charge in [-0.15, -0.1) is 0 Å². The van der Waals surface area contributed by atoms with E-state index in [9.17, 15) is 0 Å². The molecular formula is C12H16N2OS. The number of rotatable bonds is 7. The molecule has 0 saturated heterocycles. The van der Waals surface area contributed by atoms with E-state index in [2.05, 4.69) is 11.6 Å². The van der Waals surface area contributed by atoms with Crippen molar-refractivity contribution in [1.82, 2.24) is 5.32 Å². The van der Waals surface area contributed by atoms with Crippen LogP contribution in [0.2, 0.25) is 0 Å². The van der Waals surface area contributed by atoms with Gasteiger partial charge in [-0.25, -0.2) is 0 Å². The summed E-state index contributed by atoms with van der Waals surface area (Å²) in [5, 5.41) is 11.7. The first-order valence-electron chi connectivity index (χ1n) is 5.15. The van der Waals surface area contributed by atoms with Gasteiger partial charge in [-0.2, -0.15) is 17.0 Å². The van der Waals surface area contributed by atoms with Gasteiger partial charge in [0.05, 0.1) is 0 Å². The summed E-state index contributed by atoms with van der Waals surface area (Å²) in [5.74, 6) is 1.87. The highest BCUT2D eigenvalue weighted by atomic mass is 32.2. The quantitative estimate of drug-likeness (QED) is 0.736. The number of hydrogen-bond donors (Lipinski definition) is 1. The van der Waals surface area contributed by atoms with Gasteiger partial charge in [-0.3, -0.25) is 0 Å². The molecule has 1 aromatic rings. The number of hydrogen-bond acceptors (Lipinski definition) is 4. The van der Waals surface area contributed by atoms with Crippen molar-refractivity contribution >= 4 is 11.8 Å². The van der Waals surface area contributed by atoms with Crippen LogP contribution in [0.1, 0.15) is 5.56 Å². The van der Waals surface area contributed by atoms with Crippen molar-refractivity contribution < 1.29 is 4.74 Å². The molecule has 0 bridgehead atoms. The molecule has 0 aliphatic rings. The van der Waals surface area contributed by atoms with Crippen LogP contribution in [0, 0.1) is 11.3 Å². The fourth-order valence-electron chi connectivity index (χ4n) is 1.23. The van der Waals surface area contributed by atoms with Crippen LogP contribution in [0.5, 0.6) is 5.75 Å². The van der Waals surface area contributed by atoms with Gasteiger partial charge >= 0.3 is 0 Å². The number of thioether (sulfide) groups is 1. The number of nitriles is 1. The van der Waals surface area contributed by atoms with E-state index in [1.165, 1.54) is 5.56 Å². The molecule has 0 spiro atoms. The Labute approximate surface area is 101 Å². The Kier molecular flexibility index (Phi) is 6.47. The molecule has 0 atom stereocenters. The third-order valence-corrected chi connectivity index (χ3v) is 2.65. The van der Waals surface area contributed by atoms with E-state index in [0.29, 0.717) is 0 Å². The van der Waals surface area contributed by atoms with Gasteiger partial charge in [0.25, 0.3) is 0 Å². The van der Waals surface area contributed by atoms with Gasteiger partial charge in [-0.05, 0) is 24.0 Å². The molecule has 0 fully saturated rings. The SMILES string of the molecule is CSCCNCc1ccc(OCC#N)cc1. The average molecular weight is 236 g/mol. The van der Waals surface area contributed by atoms with Crippen LogP contribution in [-0.2, 0) is 6.54 Å². The number of ether oxygens (including phenoxy) is 1. The maximum Gasteiger partial charge on any atom is 0.174 e. The molecular weight excluding hydrogens is 220 g/mol. The van der Waals surface area contributed by atoms with Crippen LogP contribution in [0.4, 0.5) is 0 Å². The number of benzene rings is 1. The summed E-state index contributed by atoms with van der Waals surface area (Å²) < 4.78 is 5.17. The van der Waals surface area contributed by atoms with Crippen LogP contribution >= 0.6 is 11.8 Å². The summed E-state index contributed by atoms with van der Waals surface area (Å²) in [6.45, 7) is 2.00. The predicted molar refractivity (Wildman–Crippen MR) is 67.6 cm³/mol. The van der Waals surface area contributed by atoms with E-state index in [1.54, 1.807) is 0 Å². The topological polar surface area (TPSA) is 45.0 Å². The predicted octanol–water partition coefficient (Wildman–Crippen LogP) is 2.04. The molecule has 0 amide bonds. The molecule has 0 radical (unpaired) electrons. The molecule has 1 N–H and O–H groups in total. The molecule has 0 saturated carbocycles. The van der Waals surface area contributed by atoms with Crippen molar-refractivity contribution in [3.8, 4) is 11.8 Å². The fraction of sp³-hybridized carbons (Fsp3) is 0.417. The van der Waals surface area contributed by atoms with Crippen LogP contribution < -0.4 is 10.1 Å². The van der Waals surface area contributed by atoms with Crippen molar-refractivity contribution in [3.63, 3.8) is 0 Å². The zero-order valence-corrected chi connectivity index (χ0v) is 10.2. The standard InChI is InChI=1S/C12H16N2OS/c1-16-9-7-14-10-11-2-4-12(5-3-11)15-8-6-13/h2-5,14H,7-10H2,1H3. The first-order chi connectivity index (χ1) is 7.86. The molecule has 3 nitrogen and oxygen atoms in total. The lowest BCUT2D eigenvalue weighted by Crippen LogP contribution is -2.16. The molecule has 0 aliphatic heterocycles.